The Morgan fingerprint density at radius 3 is 2.38 bits per heavy atom. The van der Waals surface area contributed by atoms with Crippen LogP contribution in [0.25, 0.3) is 11.3 Å². The summed E-state index contributed by atoms with van der Waals surface area (Å²) in [6, 6.07) is 21.4. The third-order valence-electron chi connectivity index (χ3n) is 5.67. The predicted octanol–water partition coefficient (Wildman–Crippen LogP) is 7.21. The molecule has 0 aliphatic carbocycles. The zero-order chi connectivity index (χ0) is 28.6. The van der Waals surface area contributed by atoms with E-state index in [4.69, 9.17) is 55.6 Å². The molecule has 0 unspecified atom stereocenters. The smallest absolute Gasteiger partial charge is 0.262 e. The van der Waals surface area contributed by atoms with Crippen molar-refractivity contribution in [2.45, 2.75) is 25.5 Å². The molecule has 0 saturated carbocycles. The fraction of sp³-hybridized carbons (Fsp3) is 0.138. The van der Waals surface area contributed by atoms with Crippen LogP contribution in [0, 0.1) is 0 Å². The molecule has 2 amide bonds. The van der Waals surface area contributed by atoms with E-state index in [0.717, 1.165) is 5.56 Å². The molecule has 2 atom stereocenters. The van der Waals surface area contributed by atoms with Crippen molar-refractivity contribution < 1.29 is 18.7 Å². The number of nitrogens with one attached hydrogen (secondary N) is 2. The van der Waals surface area contributed by atoms with Crippen molar-refractivity contribution in [3.63, 3.8) is 0 Å². The summed E-state index contributed by atoms with van der Waals surface area (Å²) >= 11 is 24.4. The number of halogens is 4. The van der Waals surface area contributed by atoms with Gasteiger partial charge in [-0.05, 0) is 61.0 Å². The highest BCUT2D eigenvalue weighted by Gasteiger charge is 2.25. The summed E-state index contributed by atoms with van der Waals surface area (Å²) < 4.78 is 11.5. The highest BCUT2D eigenvalue weighted by molar-refractivity contribution is 6.36. The predicted molar refractivity (Wildman–Crippen MR) is 159 cm³/mol. The van der Waals surface area contributed by atoms with Crippen LogP contribution >= 0.6 is 46.4 Å². The Bertz CT molecular complexity index is 1520. The van der Waals surface area contributed by atoms with Crippen LogP contribution in [0.2, 0.25) is 20.1 Å². The number of hydrogen-bond acceptors (Lipinski definition) is 5. The van der Waals surface area contributed by atoms with Gasteiger partial charge in [-0.1, -0.05) is 76.7 Å². The summed E-state index contributed by atoms with van der Waals surface area (Å²) in [5.41, 5.74) is 3.93. The van der Waals surface area contributed by atoms with E-state index in [-0.39, 0.29) is 11.4 Å². The van der Waals surface area contributed by atoms with Crippen molar-refractivity contribution in [2.75, 3.05) is 0 Å². The quantitative estimate of drug-likeness (QED) is 0.145. The number of nitrogens with zero attached hydrogens (tertiary/aromatic N) is 1. The molecule has 40 heavy (non-hydrogen) atoms. The monoisotopic (exact) mass is 617 g/mol. The molecule has 0 saturated heterocycles. The minimum Gasteiger partial charge on any atom is -0.479 e. The van der Waals surface area contributed by atoms with E-state index in [1.165, 1.54) is 12.3 Å². The lowest BCUT2D eigenvalue weighted by molar-refractivity contribution is -0.132. The Balaban J connectivity index is 1.43. The number of amides is 2. The van der Waals surface area contributed by atoms with Crippen LogP contribution in [-0.2, 0) is 16.0 Å². The maximum atomic E-state index is 13.1. The molecule has 206 valence electrons. The minimum absolute atomic E-state index is 0.223. The van der Waals surface area contributed by atoms with Crippen LogP contribution in [0.1, 0.15) is 18.2 Å². The van der Waals surface area contributed by atoms with Crippen molar-refractivity contribution >= 4 is 64.4 Å². The summed E-state index contributed by atoms with van der Waals surface area (Å²) in [5, 5.41) is 8.43. The fourth-order valence-corrected chi connectivity index (χ4v) is 4.49. The highest BCUT2D eigenvalue weighted by atomic mass is 35.5. The van der Waals surface area contributed by atoms with Gasteiger partial charge in [-0.25, -0.2) is 5.43 Å². The maximum Gasteiger partial charge on any atom is 0.262 e. The minimum atomic E-state index is -0.951. The van der Waals surface area contributed by atoms with E-state index in [0.29, 0.717) is 37.9 Å². The van der Waals surface area contributed by atoms with Gasteiger partial charge in [0.25, 0.3) is 11.8 Å². The topological polar surface area (TPSA) is 92.9 Å². The SMILES string of the molecule is C[C@H](Oc1ccc(Cl)cc1Cl)C(=O)N[C@H](Cc1ccccc1)C(=O)N/N=C\c1ccc(-c2cc(Cl)ccc2Cl)o1. The molecule has 0 bridgehead atoms. The molecule has 1 aromatic heterocycles. The lowest BCUT2D eigenvalue weighted by Gasteiger charge is -2.21. The Kier molecular flexibility index (Phi) is 10.1. The van der Waals surface area contributed by atoms with Crippen LogP contribution in [0.15, 0.2) is 88.4 Å². The van der Waals surface area contributed by atoms with Crippen LogP contribution in [0.5, 0.6) is 5.75 Å². The van der Waals surface area contributed by atoms with E-state index >= 15 is 0 Å². The van der Waals surface area contributed by atoms with Gasteiger partial charge in [0.05, 0.1) is 16.3 Å². The van der Waals surface area contributed by atoms with E-state index in [9.17, 15) is 9.59 Å². The first-order valence-corrected chi connectivity index (χ1v) is 13.5. The highest BCUT2D eigenvalue weighted by Crippen LogP contribution is 2.31. The molecule has 0 aliphatic heterocycles. The number of carbonyl (C=O) groups is 2. The standard InChI is InChI=1S/C29H23Cl4N3O4/c1-17(39-27-11-8-20(31)15-24(27)33)28(37)35-25(13-18-5-3-2-4-6-18)29(38)36-34-16-21-9-12-26(40-21)22-14-19(30)7-10-23(22)32/h2-12,14-17,25H,13H2,1H3,(H,35,37)(H,36,38)/b34-16-/t17-,25+/m0/s1. The molecule has 1 heterocycles. The lowest BCUT2D eigenvalue weighted by Crippen LogP contribution is -2.50. The summed E-state index contributed by atoms with van der Waals surface area (Å²) in [6.45, 7) is 1.55. The molecule has 4 aromatic rings. The molecule has 7 nitrogen and oxygen atoms in total. The van der Waals surface area contributed by atoms with Gasteiger partial charge >= 0.3 is 0 Å². The van der Waals surface area contributed by atoms with Crippen LogP contribution in [0.3, 0.4) is 0 Å². The number of benzene rings is 3. The molecular weight excluding hydrogens is 596 g/mol. The number of hydrogen-bond donors (Lipinski definition) is 2. The Labute approximate surface area is 251 Å². The van der Waals surface area contributed by atoms with Gasteiger partial charge in [0, 0.05) is 22.0 Å². The number of hydrazone groups is 1. The van der Waals surface area contributed by atoms with Crippen LogP contribution in [0.4, 0.5) is 0 Å². The van der Waals surface area contributed by atoms with Gasteiger partial charge in [-0.3, -0.25) is 9.59 Å². The molecule has 0 aliphatic rings. The van der Waals surface area contributed by atoms with Crippen molar-refractivity contribution in [3.05, 3.63) is 110 Å². The second-order valence-corrected chi connectivity index (χ2v) is 10.3. The average Bonchev–Trinajstić information content (AvgIpc) is 3.40. The zero-order valence-corrected chi connectivity index (χ0v) is 24.1. The number of furan rings is 1. The van der Waals surface area contributed by atoms with Crippen LogP contribution in [-0.4, -0.2) is 30.2 Å². The molecule has 11 heteroatoms. The summed E-state index contributed by atoms with van der Waals surface area (Å²) in [5.74, 6) is 0.107. The van der Waals surface area contributed by atoms with Gasteiger partial charge < -0.3 is 14.5 Å². The second kappa shape index (κ2) is 13.7. The van der Waals surface area contributed by atoms with E-state index in [1.54, 1.807) is 49.4 Å². The first-order valence-electron chi connectivity index (χ1n) is 12.0. The summed E-state index contributed by atoms with van der Waals surface area (Å²) in [6.07, 6.45) is 0.615. The first-order chi connectivity index (χ1) is 19.2. The molecule has 3 aromatic carbocycles. The third-order valence-corrected chi connectivity index (χ3v) is 6.76. The van der Waals surface area contributed by atoms with Gasteiger partial charge in [0.15, 0.2) is 6.10 Å². The Morgan fingerprint density at radius 2 is 1.62 bits per heavy atom. The Morgan fingerprint density at radius 1 is 0.900 bits per heavy atom. The van der Waals surface area contributed by atoms with E-state index in [2.05, 4.69) is 15.8 Å². The van der Waals surface area contributed by atoms with Crippen molar-refractivity contribution in [2.24, 2.45) is 5.10 Å². The van der Waals surface area contributed by atoms with Crippen molar-refractivity contribution in [3.8, 4) is 17.1 Å². The summed E-state index contributed by atoms with van der Waals surface area (Å²) in [4.78, 5) is 26.0. The number of carbonyl (C=O) groups excluding carboxylic acids is 2. The Hall–Kier alpha value is -3.49. The summed E-state index contributed by atoms with van der Waals surface area (Å²) in [7, 11) is 0. The average molecular weight is 619 g/mol. The van der Waals surface area contributed by atoms with Crippen molar-refractivity contribution in [1.82, 2.24) is 10.7 Å². The molecule has 0 spiro atoms. The lowest BCUT2D eigenvalue weighted by atomic mass is 10.1. The van der Waals surface area contributed by atoms with Gasteiger partial charge in [-0.15, -0.1) is 0 Å². The van der Waals surface area contributed by atoms with Crippen LogP contribution < -0.4 is 15.5 Å². The van der Waals surface area contributed by atoms with Gasteiger partial charge in [0.2, 0.25) is 0 Å². The molecule has 4 rings (SSSR count). The van der Waals surface area contributed by atoms with Gasteiger partial charge in [-0.2, -0.15) is 5.10 Å². The number of rotatable bonds is 10. The largest absolute Gasteiger partial charge is 0.479 e. The molecular formula is C29H23Cl4N3O4. The fourth-order valence-electron chi connectivity index (χ4n) is 3.65. The normalized spacial score (nSPS) is 12.6. The van der Waals surface area contributed by atoms with Crippen molar-refractivity contribution in [1.29, 1.82) is 0 Å². The molecule has 2 N–H and O–H groups in total. The third kappa shape index (κ3) is 8.02. The van der Waals surface area contributed by atoms with Gasteiger partial charge in [0.1, 0.15) is 23.3 Å². The molecule has 0 fully saturated rings. The number of ether oxygens (including phenoxy) is 1. The van der Waals surface area contributed by atoms with E-state index in [1.807, 2.05) is 30.3 Å². The molecule has 0 radical (unpaired) electrons. The first kappa shape index (κ1) is 29.5. The second-order valence-electron chi connectivity index (χ2n) is 8.65. The maximum absolute atomic E-state index is 13.1. The zero-order valence-electron chi connectivity index (χ0n) is 21.0. The van der Waals surface area contributed by atoms with E-state index < -0.39 is 24.0 Å².